The molecule has 2 heteroatoms. The van der Waals surface area contributed by atoms with Gasteiger partial charge >= 0.3 is 0 Å². The molecule has 0 saturated heterocycles. The first-order valence-corrected chi connectivity index (χ1v) is 7.12. The quantitative estimate of drug-likeness (QED) is 0.560. The fourth-order valence-electron chi connectivity index (χ4n) is 2.51. The summed E-state index contributed by atoms with van der Waals surface area (Å²) in [5.41, 5.74) is 0. The van der Waals surface area contributed by atoms with Gasteiger partial charge in [0.1, 0.15) is 5.75 Å². The van der Waals surface area contributed by atoms with Crippen LogP contribution in [0.4, 0.5) is 0 Å². The molecule has 1 aliphatic carbocycles. The minimum Gasteiger partial charge on any atom is -0.494 e. The van der Waals surface area contributed by atoms with Crippen LogP contribution in [-0.2, 0) is 0 Å². The smallest absolute Gasteiger partial charge is 0.119 e. The molecular formula is C15H21ClO. The molecule has 0 radical (unpaired) electrons. The molecule has 2 atom stereocenters. The standard InChI is InChI=1S/C15H21ClO/c16-15-10-6-1-3-7-13(15)11-12-17-14-8-4-2-5-9-14/h2,4-5,8-9,13,15H,1,3,6-7,10-12H2. The summed E-state index contributed by atoms with van der Waals surface area (Å²) < 4.78 is 5.74. The lowest BCUT2D eigenvalue weighted by molar-refractivity contribution is 0.269. The van der Waals surface area contributed by atoms with Crippen molar-refractivity contribution in [3.05, 3.63) is 30.3 Å². The molecular weight excluding hydrogens is 232 g/mol. The maximum Gasteiger partial charge on any atom is 0.119 e. The topological polar surface area (TPSA) is 9.23 Å². The van der Waals surface area contributed by atoms with Crippen molar-refractivity contribution in [3.8, 4) is 5.75 Å². The molecule has 0 aliphatic heterocycles. The molecule has 2 rings (SSSR count). The van der Waals surface area contributed by atoms with Crippen LogP contribution < -0.4 is 4.74 Å². The predicted molar refractivity (Wildman–Crippen MR) is 72.8 cm³/mol. The van der Waals surface area contributed by atoms with Crippen LogP contribution >= 0.6 is 11.6 Å². The van der Waals surface area contributed by atoms with E-state index in [-0.39, 0.29) is 0 Å². The third kappa shape index (κ3) is 4.23. The second-order valence-corrected chi connectivity index (χ2v) is 5.42. The molecule has 94 valence electrons. The minimum atomic E-state index is 0.358. The van der Waals surface area contributed by atoms with E-state index in [1.165, 1.54) is 32.1 Å². The normalized spacial score (nSPS) is 25.2. The Morgan fingerprint density at radius 1 is 1.06 bits per heavy atom. The summed E-state index contributed by atoms with van der Waals surface area (Å²) in [6.07, 6.45) is 7.51. The van der Waals surface area contributed by atoms with Crippen molar-refractivity contribution >= 4 is 11.6 Å². The zero-order valence-electron chi connectivity index (χ0n) is 10.3. The van der Waals surface area contributed by atoms with Gasteiger partial charge in [-0.2, -0.15) is 0 Å². The Balaban J connectivity index is 1.73. The monoisotopic (exact) mass is 252 g/mol. The van der Waals surface area contributed by atoms with E-state index in [1.54, 1.807) is 0 Å². The Labute approximate surface area is 109 Å². The fourth-order valence-corrected chi connectivity index (χ4v) is 2.92. The molecule has 1 aliphatic rings. The van der Waals surface area contributed by atoms with Gasteiger partial charge in [0.15, 0.2) is 0 Å². The van der Waals surface area contributed by atoms with E-state index in [2.05, 4.69) is 0 Å². The Morgan fingerprint density at radius 3 is 2.65 bits per heavy atom. The van der Waals surface area contributed by atoms with Crippen LogP contribution in [0.1, 0.15) is 38.5 Å². The molecule has 1 aromatic carbocycles. The summed E-state index contributed by atoms with van der Waals surface area (Å²) in [5, 5.41) is 0.358. The molecule has 0 aromatic heterocycles. The number of para-hydroxylation sites is 1. The van der Waals surface area contributed by atoms with Gasteiger partial charge in [0, 0.05) is 5.38 Å². The largest absolute Gasteiger partial charge is 0.494 e. The summed E-state index contributed by atoms with van der Waals surface area (Å²) >= 11 is 6.41. The van der Waals surface area contributed by atoms with Crippen LogP contribution in [0.3, 0.4) is 0 Å². The van der Waals surface area contributed by atoms with E-state index in [0.717, 1.165) is 18.8 Å². The third-order valence-corrected chi connectivity index (χ3v) is 4.14. The van der Waals surface area contributed by atoms with Gasteiger partial charge in [-0.1, -0.05) is 37.5 Å². The van der Waals surface area contributed by atoms with Crippen LogP contribution in [0, 0.1) is 5.92 Å². The van der Waals surface area contributed by atoms with Crippen molar-refractivity contribution in [3.63, 3.8) is 0 Å². The highest BCUT2D eigenvalue weighted by Gasteiger charge is 2.21. The minimum absolute atomic E-state index is 0.358. The van der Waals surface area contributed by atoms with Crippen molar-refractivity contribution in [2.45, 2.75) is 43.9 Å². The number of ether oxygens (including phenoxy) is 1. The van der Waals surface area contributed by atoms with Crippen LogP contribution in [0.25, 0.3) is 0 Å². The van der Waals surface area contributed by atoms with Crippen molar-refractivity contribution in [2.75, 3.05) is 6.61 Å². The third-order valence-electron chi connectivity index (χ3n) is 3.57. The first-order valence-electron chi connectivity index (χ1n) is 6.68. The highest BCUT2D eigenvalue weighted by molar-refractivity contribution is 6.20. The number of hydrogen-bond donors (Lipinski definition) is 0. The molecule has 0 amide bonds. The summed E-state index contributed by atoms with van der Waals surface area (Å²) in [6, 6.07) is 10.0. The van der Waals surface area contributed by atoms with Crippen LogP contribution in [0.15, 0.2) is 30.3 Å². The van der Waals surface area contributed by atoms with Gasteiger partial charge in [0.05, 0.1) is 6.61 Å². The van der Waals surface area contributed by atoms with E-state index < -0.39 is 0 Å². The molecule has 1 nitrogen and oxygen atoms in total. The van der Waals surface area contributed by atoms with E-state index in [9.17, 15) is 0 Å². The number of halogens is 1. The Bertz CT molecular complexity index is 312. The van der Waals surface area contributed by atoms with E-state index in [0.29, 0.717) is 11.3 Å². The predicted octanol–water partition coefficient (Wildman–Crippen LogP) is 4.64. The molecule has 0 bridgehead atoms. The molecule has 17 heavy (non-hydrogen) atoms. The van der Waals surface area contributed by atoms with E-state index in [4.69, 9.17) is 16.3 Å². The van der Waals surface area contributed by atoms with Crippen molar-refractivity contribution in [1.29, 1.82) is 0 Å². The highest BCUT2D eigenvalue weighted by Crippen LogP contribution is 2.29. The highest BCUT2D eigenvalue weighted by atomic mass is 35.5. The second-order valence-electron chi connectivity index (χ2n) is 4.86. The number of benzene rings is 1. The van der Waals surface area contributed by atoms with Gasteiger partial charge in [-0.15, -0.1) is 11.6 Å². The zero-order valence-corrected chi connectivity index (χ0v) is 11.0. The van der Waals surface area contributed by atoms with Gasteiger partial charge in [-0.25, -0.2) is 0 Å². The first-order chi connectivity index (χ1) is 8.36. The lowest BCUT2D eigenvalue weighted by Gasteiger charge is -2.19. The average Bonchev–Trinajstić information content (AvgIpc) is 2.56. The number of hydrogen-bond acceptors (Lipinski definition) is 1. The summed E-state index contributed by atoms with van der Waals surface area (Å²) in [5.74, 6) is 1.61. The van der Waals surface area contributed by atoms with Crippen LogP contribution in [0.2, 0.25) is 0 Å². The number of rotatable bonds is 4. The molecule has 0 heterocycles. The SMILES string of the molecule is ClC1CCCCCC1CCOc1ccccc1. The first kappa shape index (κ1) is 12.8. The van der Waals surface area contributed by atoms with E-state index in [1.807, 2.05) is 30.3 Å². The fraction of sp³-hybridized carbons (Fsp3) is 0.600. The van der Waals surface area contributed by atoms with Gasteiger partial charge in [0.25, 0.3) is 0 Å². The molecule has 2 unspecified atom stereocenters. The van der Waals surface area contributed by atoms with Crippen LogP contribution in [-0.4, -0.2) is 12.0 Å². The van der Waals surface area contributed by atoms with E-state index >= 15 is 0 Å². The number of alkyl halides is 1. The van der Waals surface area contributed by atoms with Crippen LogP contribution in [0.5, 0.6) is 5.75 Å². The second kappa shape index (κ2) is 6.90. The molecule has 1 aromatic rings. The molecule has 0 N–H and O–H groups in total. The summed E-state index contributed by atoms with van der Waals surface area (Å²) in [6.45, 7) is 0.790. The zero-order chi connectivity index (χ0) is 11.9. The summed E-state index contributed by atoms with van der Waals surface area (Å²) in [4.78, 5) is 0. The maximum atomic E-state index is 6.41. The van der Waals surface area contributed by atoms with Crippen molar-refractivity contribution in [1.82, 2.24) is 0 Å². The Kier molecular flexibility index (Phi) is 5.18. The molecule has 0 spiro atoms. The Morgan fingerprint density at radius 2 is 1.82 bits per heavy atom. The van der Waals surface area contributed by atoms with Crippen molar-refractivity contribution in [2.24, 2.45) is 5.92 Å². The van der Waals surface area contributed by atoms with Gasteiger partial charge in [-0.05, 0) is 37.3 Å². The lowest BCUT2D eigenvalue weighted by atomic mass is 9.97. The van der Waals surface area contributed by atoms with Gasteiger partial charge in [0.2, 0.25) is 0 Å². The average molecular weight is 253 g/mol. The van der Waals surface area contributed by atoms with Gasteiger partial charge in [-0.3, -0.25) is 0 Å². The molecule has 1 fully saturated rings. The maximum absolute atomic E-state index is 6.41. The van der Waals surface area contributed by atoms with Crippen molar-refractivity contribution < 1.29 is 4.74 Å². The lowest BCUT2D eigenvalue weighted by Crippen LogP contribution is -2.16. The molecule has 1 saturated carbocycles. The summed E-state index contributed by atoms with van der Waals surface area (Å²) in [7, 11) is 0. The van der Waals surface area contributed by atoms with Gasteiger partial charge < -0.3 is 4.74 Å². The Hall–Kier alpha value is -0.690.